The van der Waals surface area contributed by atoms with Crippen LogP contribution >= 0.6 is 0 Å². The fourth-order valence-corrected chi connectivity index (χ4v) is 1.83. The van der Waals surface area contributed by atoms with Crippen LogP contribution in [0.3, 0.4) is 0 Å². The number of carbonyl (C=O) groups is 3. The molecule has 1 aromatic carbocycles. The number of nitrogens with zero attached hydrogens (tertiary/aromatic N) is 1. The van der Waals surface area contributed by atoms with E-state index in [1.54, 1.807) is 0 Å². The summed E-state index contributed by atoms with van der Waals surface area (Å²) in [5.41, 5.74) is 0.395. The van der Waals surface area contributed by atoms with Gasteiger partial charge in [-0.1, -0.05) is 6.07 Å². The van der Waals surface area contributed by atoms with Crippen molar-refractivity contribution < 1.29 is 23.9 Å². The van der Waals surface area contributed by atoms with Gasteiger partial charge in [0.2, 0.25) is 0 Å². The first-order chi connectivity index (χ1) is 10.5. The summed E-state index contributed by atoms with van der Waals surface area (Å²) >= 11 is 0. The topological polar surface area (TPSA) is 82.6 Å². The SMILES string of the molecule is COC(=O)c1cccc(C(C)=O)c1OC(=O)c1ccncc1. The molecule has 0 atom stereocenters. The quantitative estimate of drug-likeness (QED) is 0.489. The second-order valence-electron chi connectivity index (χ2n) is 4.36. The van der Waals surface area contributed by atoms with Gasteiger partial charge in [-0.2, -0.15) is 0 Å². The lowest BCUT2D eigenvalue weighted by Crippen LogP contribution is -2.15. The molecule has 0 fully saturated rings. The average molecular weight is 299 g/mol. The van der Waals surface area contributed by atoms with Crippen molar-refractivity contribution in [3.8, 4) is 5.75 Å². The smallest absolute Gasteiger partial charge is 0.343 e. The van der Waals surface area contributed by atoms with Gasteiger partial charge in [-0.3, -0.25) is 9.78 Å². The van der Waals surface area contributed by atoms with E-state index >= 15 is 0 Å². The van der Waals surface area contributed by atoms with Gasteiger partial charge in [-0.15, -0.1) is 0 Å². The summed E-state index contributed by atoms with van der Waals surface area (Å²) in [4.78, 5) is 39.4. The molecule has 2 rings (SSSR count). The average Bonchev–Trinajstić information content (AvgIpc) is 2.54. The van der Waals surface area contributed by atoms with Gasteiger partial charge in [0.15, 0.2) is 11.5 Å². The number of methoxy groups -OCH3 is 1. The predicted molar refractivity (Wildman–Crippen MR) is 77.0 cm³/mol. The van der Waals surface area contributed by atoms with Crippen LogP contribution in [0.25, 0.3) is 0 Å². The van der Waals surface area contributed by atoms with E-state index in [4.69, 9.17) is 4.74 Å². The number of Topliss-reactive ketones (excluding diaryl/α,β-unsaturated/α-hetero) is 1. The van der Waals surface area contributed by atoms with Crippen LogP contribution < -0.4 is 4.74 Å². The molecule has 0 radical (unpaired) electrons. The molecular weight excluding hydrogens is 286 g/mol. The first kappa shape index (κ1) is 15.4. The van der Waals surface area contributed by atoms with Crippen LogP contribution in [-0.2, 0) is 4.74 Å². The fraction of sp³-hybridized carbons (Fsp3) is 0.125. The molecular formula is C16H13NO5. The van der Waals surface area contributed by atoms with Gasteiger partial charge in [0.25, 0.3) is 0 Å². The van der Waals surface area contributed by atoms with Crippen molar-refractivity contribution in [1.82, 2.24) is 4.98 Å². The number of benzene rings is 1. The molecule has 6 nitrogen and oxygen atoms in total. The summed E-state index contributed by atoms with van der Waals surface area (Å²) in [7, 11) is 1.21. The highest BCUT2D eigenvalue weighted by Crippen LogP contribution is 2.26. The number of ether oxygens (including phenoxy) is 2. The summed E-state index contributed by atoms with van der Waals surface area (Å²) in [6.45, 7) is 1.32. The Morgan fingerprint density at radius 3 is 2.18 bits per heavy atom. The van der Waals surface area contributed by atoms with Crippen LogP contribution in [0, 0.1) is 0 Å². The molecule has 22 heavy (non-hydrogen) atoms. The molecule has 0 spiro atoms. The standard InChI is InChI=1S/C16H13NO5/c1-10(18)12-4-3-5-13(16(20)21-2)14(12)22-15(19)11-6-8-17-9-7-11/h3-9H,1-2H3. The minimum absolute atomic E-state index is 0.0117. The first-order valence-corrected chi connectivity index (χ1v) is 6.39. The van der Waals surface area contributed by atoms with Crippen molar-refractivity contribution in [3.63, 3.8) is 0 Å². The van der Waals surface area contributed by atoms with Gasteiger partial charge in [0.05, 0.1) is 18.2 Å². The van der Waals surface area contributed by atoms with Crippen LogP contribution in [-0.4, -0.2) is 29.8 Å². The summed E-state index contributed by atoms with van der Waals surface area (Å²) in [5.74, 6) is -1.83. The molecule has 112 valence electrons. The monoisotopic (exact) mass is 299 g/mol. The summed E-state index contributed by atoms with van der Waals surface area (Å²) in [6.07, 6.45) is 2.88. The zero-order valence-corrected chi connectivity index (χ0v) is 12.0. The number of para-hydroxylation sites is 1. The molecule has 0 aliphatic heterocycles. The summed E-state index contributed by atoms with van der Waals surface area (Å²) in [6, 6.07) is 7.36. The van der Waals surface area contributed by atoms with Crippen LogP contribution in [0.1, 0.15) is 38.0 Å². The number of aromatic nitrogens is 1. The number of hydrogen-bond acceptors (Lipinski definition) is 6. The van der Waals surface area contributed by atoms with Gasteiger partial charge in [-0.05, 0) is 31.2 Å². The van der Waals surface area contributed by atoms with Gasteiger partial charge in [0.1, 0.15) is 5.56 Å². The van der Waals surface area contributed by atoms with E-state index in [1.165, 1.54) is 56.8 Å². The second kappa shape index (κ2) is 6.62. The Bertz CT molecular complexity index is 725. The molecule has 0 unspecified atom stereocenters. The third kappa shape index (κ3) is 3.17. The molecule has 1 aromatic heterocycles. The third-order valence-corrected chi connectivity index (χ3v) is 2.91. The molecule has 0 saturated carbocycles. The van der Waals surface area contributed by atoms with Gasteiger partial charge < -0.3 is 9.47 Å². The van der Waals surface area contributed by atoms with E-state index in [-0.39, 0.29) is 28.2 Å². The minimum Gasteiger partial charge on any atom is -0.465 e. The van der Waals surface area contributed by atoms with E-state index in [1.807, 2.05) is 0 Å². The maximum atomic E-state index is 12.1. The zero-order chi connectivity index (χ0) is 16.1. The number of esters is 2. The van der Waals surface area contributed by atoms with Crippen molar-refractivity contribution in [2.45, 2.75) is 6.92 Å². The van der Waals surface area contributed by atoms with Crippen LogP contribution in [0.4, 0.5) is 0 Å². The van der Waals surface area contributed by atoms with Crippen LogP contribution in [0.5, 0.6) is 5.75 Å². The Kier molecular flexibility index (Phi) is 4.63. The lowest BCUT2D eigenvalue weighted by molar-refractivity contribution is 0.0593. The van der Waals surface area contributed by atoms with E-state index < -0.39 is 11.9 Å². The Morgan fingerprint density at radius 1 is 0.955 bits per heavy atom. The maximum Gasteiger partial charge on any atom is 0.343 e. The summed E-state index contributed by atoms with van der Waals surface area (Å²) in [5, 5.41) is 0. The van der Waals surface area contributed by atoms with Crippen molar-refractivity contribution in [2.75, 3.05) is 7.11 Å². The van der Waals surface area contributed by atoms with E-state index in [0.29, 0.717) is 0 Å². The molecule has 2 aromatic rings. The normalized spacial score (nSPS) is 9.91. The lowest BCUT2D eigenvalue weighted by Gasteiger charge is -2.12. The largest absolute Gasteiger partial charge is 0.465 e. The van der Waals surface area contributed by atoms with E-state index in [0.717, 1.165) is 0 Å². The maximum absolute atomic E-state index is 12.1. The fourth-order valence-electron chi connectivity index (χ4n) is 1.83. The molecule has 0 aliphatic rings. The number of hydrogen-bond donors (Lipinski definition) is 0. The van der Waals surface area contributed by atoms with Crippen molar-refractivity contribution >= 4 is 17.7 Å². The lowest BCUT2D eigenvalue weighted by atomic mass is 10.1. The molecule has 6 heteroatoms. The van der Waals surface area contributed by atoms with Gasteiger partial charge in [-0.25, -0.2) is 9.59 Å². The molecule has 0 aliphatic carbocycles. The minimum atomic E-state index is -0.694. The van der Waals surface area contributed by atoms with Gasteiger partial charge in [0, 0.05) is 12.4 Å². The highest BCUT2D eigenvalue weighted by Gasteiger charge is 2.22. The highest BCUT2D eigenvalue weighted by atomic mass is 16.5. The second-order valence-corrected chi connectivity index (χ2v) is 4.36. The molecule has 0 bridgehead atoms. The van der Waals surface area contributed by atoms with E-state index in [2.05, 4.69) is 9.72 Å². The summed E-state index contributed by atoms with van der Waals surface area (Å²) < 4.78 is 9.91. The highest BCUT2D eigenvalue weighted by molar-refractivity contribution is 6.04. The van der Waals surface area contributed by atoms with Crippen molar-refractivity contribution in [3.05, 3.63) is 59.4 Å². The molecule has 1 heterocycles. The molecule has 0 N–H and O–H groups in total. The number of pyridine rings is 1. The molecule has 0 saturated heterocycles. The Labute approximate surface area is 126 Å². The van der Waals surface area contributed by atoms with Crippen molar-refractivity contribution in [1.29, 1.82) is 0 Å². The number of carbonyl (C=O) groups excluding carboxylic acids is 3. The number of ketones is 1. The first-order valence-electron chi connectivity index (χ1n) is 6.39. The van der Waals surface area contributed by atoms with Crippen LogP contribution in [0.15, 0.2) is 42.7 Å². The number of rotatable bonds is 4. The zero-order valence-electron chi connectivity index (χ0n) is 12.0. The molecule has 0 amide bonds. The van der Waals surface area contributed by atoms with Crippen LogP contribution in [0.2, 0.25) is 0 Å². The van der Waals surface area contributed by atoms with Crippen molar-refractivity contribution in [2.24, 2.45) is 0 Å². The Morgan fingerprint density at radius 2 is 1.59 bits per heavy atom. The predicted octanol–water partition coefficient (Wildman–Crippen LogP) is 2.29. The van der Waals surface area contributed by atoms with E-state index in [9.17, 15) is 14.4 Å². The Balaban J connectivity index is 2.46. The third-order valence-electron chi connectivity index (χ3n) is 2.91. The Hall–Kier alpha value is -3.02. The van der Waals surface area contributed by atoms with Gasteiger partial charge >= 0.3 is 11.9 Å².